The molecule has 0 radical (unpaired) electrons. The van der Waals surface area contributed by atoms with E-state index in [1.54, 1.807) is 6.07 Å². The number of piperidine rings is 1. The zero-order valence-corrected chi connectivity index (χ0v) is 9.68. The van der Waals surface area contributed by atoms with Gasteiger partial charge in [0.2, 0.25) is 5.76 Å². The number of likely N-dealkylation sites (tertiary alicyclic amines) is 1. The van der Waals surface area contributed by atoms with E-state index >= 15 is 0 Å². The average molecular weight is 237 g/mol. The molecule has 1 atom stereocenters. The topological polar surface area (TPSA) is 70.8 Å². The Morgan fingerprint density at radius 1 is 1.65 bits per heavy atom. The molecule has 0 spiro atoms. The lowest BCUT2D eigenvalue weighted by molar-refractivity contribution is -0.125. The fourth-order valence-electron chi connectivity index (χ4n) is 2.13. The van der Waals surface area contributed by atoms with Crippen molar-refractivity contribution in [2.75, 3.05) is 13.1 Å². The van der Waals surface area contributed by atoms with Crippen LogP contribution in [0.25, 0.3) is 0 Å². The molecular formula is C12H15NO4. The third kappa shape index (κ3) is 2.55. The second kappa shape index (κ2) is 4.71. The normalized spacial score (nSPS) is 21.7. The van der Waals surface area contributed by atoms with E-state index in [1.807, 2.05) is 6.92 Å². The lowest BCUT2D eigenvalue weighted by Gasteiger charge is -2.29. The Balaban J connectivity index is 2.04. The summed E-state index contributed by atoms with van der Waals surface area (Å²) in [5, 5.41) is 8.91. The van der Waals surface area contributed by atoms with Crippen LogP contribution >= 0.6 is 0 Å². The van der Waals surface area contributed by atoms with Crippen molar-refractivity contribution in [2.45, 2.75) is 19.9 Å². The average Bonchev–Trinajstić information content (AvgIpc) is 2.72. The summed E-state index contributed by atoms with van der Waals surface area (Å²) in [5.41, 5.74) is 0.666. The molecule has 92 valence electrons. The molecule has 1 aliphatic heterocycles. The number of Topliss-reactive ketones (excluding diaryl/α,β-unsaturated/α-hetero) is 1. The van der Waals surface area contributed by atoms with Crippen molar-refractivity contribution >= 4 is 11.8 Å². The monoisotopic (exact) mass is 237 g/mol. The van der Waals surface area contributed by atoms with Crippen LogP contribution in [0.1, 0.15) is 29.5 Å². The Bertz CT molecular complexity index is 437. The molecule has 2 heterocycles. The molecule has 2 rings (SSSR count). The largest absolute Gasteiger partial charge is 0.475 e. The first kappa shape index (κ1) is 11.9. The maximum Gasteiger partial charge on any atom is 0.372 e. The van der Waals surface area contributed by atoms with Gasteiger partial charge in [0.25, 0.3) is 0 Å². The van der Waals surface area contributed by atoms with E-state index in [1.165, 1.54) is 6.26 Å². The van der Waals surface area contributed by atoms with Crippen molar-refractivity contribution in [1.29, 1.82) is 0 Å². The number of carboxylic acids is 1. The molecule has 0 aliphatic carbocycles. The number of carbonyl (C=O) groups excluding carboxylic acids is 1. The molecule has 1 saturated heterocycles. The summed E-state index contributed by atoms with van der Waals surface area (Å²) < 4.78 is 4.92. The first-order chi connectivity index (χ1) is 8.08. The summed E-state index contributed by atoms with van der Waals surface area (Å²) in [5.74, 6) is -0.739. The molecule has 1 fully saturated rings. The van der Waals surface area contributed by atoms with Crippen LogP contribution < -0.4 is 0 Å². The third-order valence-electron chi connectivity index (χ3n) is 3.09. The van der Waals surface area contributed by atoms with Gasteiger partial charge in [-0.2, -0.15) is 0 Å². The van der Waals surface area contributed by atoms with E-state index in [0.717, 1.165) is 0 Å². The van der Waals surface area contributed by atoms with Crippen LogP contribution in [0, 0.1) is 5.92 Å². The van der Waals surface area contributed by atoms with Crippen molar-refractivity contribution in [3.05, 3.63) is 23.7 Å². The molecule has 17 heavy (non-hydrogen) atoms. The van der Waals surface area contributed by atoms with Gasteiger partial charge in [-0.05, 0) is 6.07 Å². The van der Waals surface area contributed by atoms with Crippen LogP contribution in [0.4, 0.5) is 0 Å². The highest BCUT2D eigenvalue weighted by molar-refractivity contribution is 5.86. The van der Waals surface area contributed by atoms with Crippen LogP contribution in [-0.4, -0.2) is 34.8 Å². The SMILES string of the molecule is CC1CN(Cc2ccoc2C(=O)O)CCC1=O. The van der Waals surface area contributed by atoms with Crippen molar-refractivity contribution in [2.24, 2.45) is 5.92 Å². The standard InChI is InChI=1S/C12H15NO4/c1-8-6-13(4-2-10(8)14)7-9-3-5-17-11(9)12(15)16/h3,5,8H,2,4,6-7H2,1H3,(H,15,16). The molecule has 5 heteroatoms. The highest BCUT2D eigenvalue weighted by atomic mass is 16.4. The molecular weight excluding hydrogens is 222 g/mol. The van der Waals surface area contributed by atoms with Gasteiger partial charge < -0.3 is 9.52 Å². The van der Waals surface area contributed by atoms with E-state index in [4.69, 9.17) is 9.52 Å². The Morgan fingerprint density at radius 3 is 3.06 bits per heavy atom. The highest BCUT2D eigenvalue weighted by Crippen LogP contribution is 2.18. The molecule has 0 aromatic carbocycles. The van der Waals surface area contributed by atoms with Gasteiger partial charge in [0, 0.05) is 37.5 Å². The van der Waals surface area contributed by atoms with E-state index in [2.05, 4.69) is 4.90 Å². The van der Waals surface area contributed by atoms with Crippen molar-refractivity contribution in [3.8, 4) is 0 Å². The zero-order valence-electron chi connectivity index (χ0n) is 9.68. The van der Waals surface area contributed by atoms with Gasteiger partial charge in [-0.15, -0.1) is 0 Å². The molecule has 1 aromatic heterocycles. The maximum atomic E-state index is 11.4. The summed E-state index contributed by atoms with van der Waals surface area (Å²) in [6.45, 7) is 3.80. The molecule has 1 N–H and O–H groups in total. The second-order valence-corrected chi connectivity index (χ2v) is 4.43. The number of nitrogens with zero attached hydrogens (tertiary/aromatic N) is 1. The first-order valence-corrected chi connectivity index (χ1v) is 5.62. The fraction of sp³-hybridized carbons (Fsp3) is 0.500. The number of hydrogen-bond acceptors (Lipinski definition) is 4. The highest BCUT2D eigenvalue weighted by Gasteiger charge is 2.25. The summed E-state index contributed by atoms with van der Waals surface area (Å²) in [6, 6.07) is 1.67. The number of carbonyl (C=O) groups is 2. The zero-order chi connectivity index (χ0) is 12.4. The van der Waals surface area contributed by atoms with Crippen LogP contribution in [-0.2, 0) is 11.3 Å². The summed E-state index contributed by atoms with van der Waals surface area (Å²) >= 11 is 0. The van der Waals surface area contributed by atoms with Crippen LogP contribution in [0.5, 0.6) is 0 Å². The Morgan fingerprint density at radius 2 is 2.41 bits per heavy atom. The number of ketones is 1. The molecule has 1 aliphatic rings. The van der Waals surface area contributed by atoms with Gasteiger partial charge in [0.05, 0.1) is 6.26 Å². The summed E-state index contributed by atoms with van der Waals surface area (Å²) in [7, 11) is 0. The van der Waals surface area contributed by atoms with E-state index in [0.29, 0.717) is 31.6 Å². The molecule has 1 unspecified atom stereocenters. The number of furan rings is 1. The molecule has 0 amide bonds. The van der Waals surface area contributed by atoms with E-state index in [9.17, 15) is 9.59 Å². The van der Waals surface area contributed by atoms with E-state index in [-0.39, 0.29) is 17.5 Å². The van der Waals surface area contributed by atoms with Crippen molar-refractivity contribution in [3.63, 3.8) is 0 Å². The second-order valence-electron chi connectivity index (χ2n) is 4.43. The summed E-state index contributed by atoms with van der Waals surface area (Å²) in [4.78, 5) is 24.3. The quantitative estimate of drug-likeness (QED) is 0.860. The van der Waals surface area contributed by atoms with Crippen LogP contribution in [0.3, 0.4) is 0 Å². The lowest BCUT2D eigenvalue weighted by Crippen LogP contribution is -2.39. The summed E-state index contributed by atoms with van der Waals surface area (Å²) in [6.07, 6.45) is 1.93. The van der Waals surface area contributed by atoms with Gasteiger partial charge in [0.15, 0.2) is 0 Å². The van der Waals surface area contributed by atoms with Crippen molar-refractivity contribution in [1.82, 2.24) is 4.90 Å². The maximum absolute atomic E-state index is 11.4. The van der Waals surface area contributed by atoms with Gasteiger partial charge >= 0.3 is 5.97 Å². The minimum atomic E-state index is -1.05. The minimum absolute atomic E-state index is 0.00504. The van der Waals surface area contributed by atoms with Gasteiger partial charge in [0.1, 0.15) is 5.78 Å². The van der Waals surface area contributed by atoms with Crippen LogP contribution in [0.15, 0.2) is 16.7 Å². The molecule has 0 saturated carbocycles. The van der Waals surface area contributed by atoms with Gasteiger partial charge in [-0.1, -0.05) is 6.92 Å². The number of rotatable bonds is 3. The Hall–Kier alpha value is -1.62. The van der Waals surface area contributed by atoms with Crippen LogP contribution in [0.2, 0.25) is 0 Å². The number of aromatic carboxylic acids is 1. The Kier molecular flexibility index (Phi) is 3.28. The fourth-order valence-corrected chi connectivity index (χ4v) is 2.13. The predicted octanol–water partition coefficient (Wildman–Crippen LogP) is 1.39. The predicted molar refractivity (Wildman–Crippen MR) is 59.7 cm³/mol. The smallest absolute Gasteiger partial charge is 0.372 e. The van der Waals surface area contributed by atoms with Gasteiger partial charge in [-0.25, -0.2) is 4.79 Å². The van der Waals surface area contributed by atoms with Gasteiger partial charge in [-0.3, -0.25) is 9.69 Å². The number of carboxylic acid groups (broad SMARTS) is 1. The third-order valence-corrected chi connectivity index (χ3v) is 3.09. The molecule has 5 nitrogen and oxygen atoms in total. The first-order valence-electron chi connectivity index (χ1n) is 5.62. The molecule has 0 bridgehead atoms. The number of hydrogen-bond donors (Lipinski definition) is 1. The minimum Gasteiger partial charge on any atom is -0.475 e. The van der Waals surface area contributed by atoms with E-state index < -0.39 is 5.97 Å². The van der Waals surface area contributed by atoms with Crippen molar-refractivity contribution < 1.29 is 19.1 Å². The Labute approximate surface area is 99.0 Å². The molecule has 1 aromatic rings. The lowest BCUT2D eigenvalue weighted by atomic mass is 9.98.